The van der Waals surface area contributed by atoms with Crippen LogP contribution in [0.25, 0.3) is 0 Å². The van der Waals surface area contributed by atoms with Crippen LogP contribution in [0.15, 0.2) is 122 Å². The van der Waals surface area contributed by atoms with Gasteiger partial charge in [0.15, 0.2) is 12.4 Å². The van der Waals surface area contributed by atoms with Gasteiger partial charge in [-0.1, -0.05) is 315 Å². The van der Waals surface area contributed by atoms with E-state index in [9.17, 15) is 19.5 Å². The number of allylic oxidation sites excluding steroid dienone is 20. The molecule has 0 fully saturated rings. The first kappa shape index (κ1) is 84.7. The number of carboxylic acids is 1. The molecule has 0 aromatic heterocycles. The summed E-state index contributed by atoms with van der Waals surface area (Å²) in [6, 6.07) is 0. The molecular formula is C80H137NO8. The third-order valence-corrected chi connectivity index (χ3v) is 15.7. The number of carbonyl (C=O) groups excluding carboxylic acids is 3. The van der Waals surface area contributed by atoms with Crippen molar-refractivity contribution < 1.29 is 42.9 Å². The number of carbonyl (C=O) groups is 3. The lowest BCUT2D eigenvalue weighted by molar-refractivity contribution is -0.870. The van der Waals surface area contributed by atoms with Crippen LogP contribution in [0.2, 0.25) is 0 Å². The molecule has 0 amide bonds. The van der Waals surface area contributed by atoms with Crippen molar-refractivity contribution in [2.24, 2.45) is 0 Å². The van der Waals surface area contributed by atoms with Gasteiger partial charge in [0.25, 0.3) is 0 Å². The second-order valence-corrected chi connectivity index (χ2v) is 25.5. The second kappa shape index (κ2) is 69.6. The van der Waals surface area contributed by atoms with Gasteiger partial charge in [0.2, 0.25) is 0 Å². The standard InChI is InChI=1S/C80H137NO8/c1-6-8-10-12-14-16-18-20-22-24-26-28-30-32-34-36-38-39-41-43-45-47-49-51-53-55-57-59-61-63-65-67-69-71-78(83)89-76(75-88-80(79(84)85)86-73-72-81(3,4)5)74-87-77(82)70-68-66-64-62-60-58-56-54-52-50-48-46-44-42-40-37-35-33-31-29-27-25-23-21-19-17-15-13-11-9-7-2/h8-11,14-17,20-23,26-29,32-35,76,80H,6-7,12-13,18-19,24-25,30-31,36-75H2,1-5H3/b10-8-,11-9-,16-14-,17-15-,22-20-,23-21-,28-26-,29-27-,34-32-,35-33-. The normalized spacial score (nSPS) is 13.4. The highest BCUT2D eigenvalue weighted by molar-refractivity contribution is 5.70. The predicted molar refractivity (Wildman–Crippen MR) is 380 cm³/mol. The van der Waals surface area contributed by atoms with Gasteiger partial charge < -0.3 is 33.3 Å². The summed E-state index contributed by atoms with van der Waals surface area (Å²) in [6.45, 7) is 4.55. The summed E-state index contributed by atoms with van der Waals surface area (Å²) in [5, 5.41) is 11.8. The molecule has 0 N–H and O–H groups in total. The first-order valence-electron chi connectivity index (χ1n) is 36.7. The van der Waals surface area contributed by atoms with E-state index in [1.807, 2.05) is 21.1 Å². The number of ether oxygens (including phenoxy) is 4. The van der Waals surface area contributed by atoms with Gasteiger partial charge >= 0.3 is 11.9 Å². The van der Waals surface area contributed by atoms with Crippen LogP contribution in [-0.2, 0) is 33.3 Å². The van der Waals surface area contributed by atoms with Gasteiger partial charge in [-0.2, -0.15) is 0 Å². The Morgan fingerprint density at radius 2 is 0.607 bits per heavy atom. The molecule has 89 heavy (non-hydrogen) atoms. The molecule has 2 unspecified atom stereocenters. The molecule has 9 heteroatoms. The van der Waals surface area contributed by atoms with Gasteiger partial charge in [-0.25, -0.2) is 0 Å². The SMILES string of the molecule is CC/C=C\C/C=C\C/C=C\C/C=C\C/C=C\CCCCCCCCCCCCCCCCCCCC(=O)OC(COC(=O)CCCCCCCCCCCCCCCCC/C=C\C/C=C\C/C=C\C/C=C\C/C=C\CC)COC(OCC[N+](C)(C)C)C(=O)[O-]. The Balaban J connectivity index is 4.08. The molecule has 2 atom stereocenters. The first-order chi connectivity index (χ1) is 43.6. The summed E-state index contributed by atoms with van der Waals surface area (Å²) in [4.78, 5) is 37.6. The Kier molecular flexibility index (Phi) is 66.2. The van der Waals surface area contributed by atoms with E-state index in [-0.39, 0.29) is 38.6 Å². The molecular weight excluding hydrogens is 1100 g/mol. The molecule has 0 bridgehead atoms. The van der Waals surface area contributed by atoms with Gasteiger partial charge in [0.1, 0.15) is 13.2 Å². The van der Waals surface area contributed by atoms with Crippen molar-refractivity contribution >= 4 is 17.9 Å². The highest BCUT2D eigenvalue weighted by Crippen LogP contribution is 2.18. The average molecular weight is 1240 g/mol. The zero-order valence-corrected chi connectivity index (χ0v) is 58.3. The molecule has 510 valence electrons. The summed E-state index contributed by atoms with van der Waals surface area (Å²) in [5.41, 5.74) is 0. The minimum Gasteiger partial charge on any atom is -0.545 e. The zero-order chi connectivity index (χ0) is 64.7. The molecule has 0 aliphatic carbocycles. The molecule has 9 nitrogen and oxygen atoms in total. The number of hydrogen-bond donors (Lipinski definition) is 0. The molecule has 0 aromatic carbocycles. The second-order valence-electron chi connectivity index (χ2n) is 25.5. The fraction of sp³-hybridized carbons (Fsp3) is 0.713. The minimum absolute atomic E-state index is 0.145. The highest BCUT2D eigenvalue weighted by atomic mass is 16.7. The number of quaternary nitrogens is 1. The van der Waals surface area contributed by atoms with Gasteiger partial charge in [-0.15, -0.1) is 0 Å². The average Bonchev–Trinajstić information content (AvgIpc) is 3.64. The van der Waals surface area contributed by atoms with Crippen LogP contribution in [0.3, 0.4) is 0 Å². The van der Waals surface area contributed by atoms with E-state index in [2.05, 4.69) is 135 Å². The Hall–Kier alpha value is -4.31. The third-order valence-electron chi connectivity index (χ3n) is 15.7. The zero-order valence-electron chi connectivity index (χ0n) is 58.3. The number of hydrogen-bond acceptors (Lipinski definition) is 8. The molecule has 0 aromatic rings. The maximum Gasteiger partial charge on any atom is 0.306 e. The fourth-order valence-electron chi connectivity index (χ4n) is 10.2. The van der Waals surface area contributed by atoms with Crippen molar-refractivity contribution in [3.63, 3.8) is 0 Å². The number of carboxylic acid groups (broad SMARTS) is 1. The van der Waals surface area contributed by atoms with E-state index in [1.165, 1.54) is 173 Å². The van der Waals surface area contributed by atoms with Crippen molar-refractivity contribution in [2.45, 2.75) is 322 Å². The molecule has 0 aliphatic heterocycles. The Morgan fingerprint density at radius 3 is 0.899 bits per heavy atom. The van der Waals surface area contributed by atoms with Crippen LogP contribution >= 0.6 is 0 Å². The third kappa shape index (κ3) is 71.0. The fourth-order valence-corrected chi connectivity index (χ4v) is 10.2. The van der Waals surface area contributed by atoms with E-state index >= 15 is 0 Å². The van der Waals surface area contributed by atoms with Crippen molar-refractivity contribution in [2.75, 3.05) is 47.5 Å². The molecule has 0 heterocycles. The van der Waals surface area contributed by atoms with E-state index < -0.39 is 24.3 Å². The van der Waals surface area contributed by atoms with Gasteiger partial charge in [0.05, 0.1) is 40.3 Å². The van der Waals surface area contributed by atoms with Crippen LogP contribution in [0, 0.1) is 0 Å². The van der Waals surface area contributed by atoms with E-state index in [0.29, 0.717) is 17.4 Å². The van der Waals surface area contributed by atoms with Crippen LogP contribution in [0.5, 0.6) is 0 Å². The van der Waals surface area contributed by atoms with Crippen LogP contribution in [0.4, 0.5) is 0 Å². The van der Waals surface area contributed by atoms with Crippen LogP contribution < -0.4 is 5.11 Å². The highest BCUT2D eigenvalue weighted by Gasteiger charge is 2.22. The topological polar surface area (TPSA) is 111 Å². The van der Waals surface area contributed by atoms with Gasteiger partial charge in [-0.3, -0.25) is 9.59 Å². The minimum atomic E-state index is -1.63. The molecule has 0 rings (SSSR count). The predicted octanol–water partition coefficient (Wildman–Crippen LogP) is 21.8. The monoisotopic (exact) mass is 1240 g/mol. The number of aliphatic carboxylic acids is 1. The van der Waals surface area contributed by atoms with E-state index in [1.54, 1.807) is 0 Å². The van der Waals surface area contributed by atoms with Gasteiger partial charge in [0, 0.05) is 12.8 Å². The largest absolute Gasteiger partial charge is 0.545 e. The smallest absolute Gasteiger partial charge is 0.306 e. The summed E-state index contributed by atoms with van der Waals surface area (Å²) < 4.78 is 22.8. The number of esters is 2. The van der Waals surface area contributed by atoms with Crippen LogP contribution in [-0.4, -0.2) is 82.3 Å². The maximum atomic E-state index is 13.0. The Bertz CT molecular complexity index is 1880. The lowest BCUT2D eigenvalue weighted by atomic mass is 10.0. The van der Waals surface area contributed by atoms with Crippen molar-refractivity contribution in [3.05, 3.63) is 122 Å². The van der Waals surface area contributed by atoms with E-state index in [4.69, 9.17) is 18.9 Å². The summed E-state index contributed by atoms with van der Waals surface area (Å²) in [6.07, 6.45) is 95.7. The number of nitrogens with zero attached hydrogens (tertiary/aromatic N) is 1. The summed E-state index contributed by atoms with van der Waals surface area (Å²) >= 11 is 0. The summed E-state index contributed by atoms with van der Waals surface area (Å²) in [7, 11) is 5.93. The lowest BCUT2D eigenvalue weighted by Gasteiger charge is -2.26. The molecule has 0 radical (unpaired) electrons. The molecule has 0 aliphatic rings. The van der Waals surface area contributed by atoms with Crippen molar-refractivity contribution in [1.29, 1.82) is 0 Å². The quantitative estimate of drug-likeness (QED) is 0.0195. The van der Waals surface area contributed by atoms with Crippen molar-refractivity contribution in [1.82, 2.24) is 0 Å². The maximum absolute atomic E-state index is 13.0. The lowest BCUT2D eigenvalue weighted by Crippen LogP contribution is -2.44. The number of unbranched alkanes of at least 4 members (excludes halogenated alkanes) is 32. The first-order valence-corrected chi connectivity index (χ1v) is 36.7. The Morgan fingerprint density at radius 1 is 0.337 bits per heavy atom. The van der Waals surface area contributed by atoms with Gasteiger partial charge in [-0.05, 0) is 103 Å². The Labute approximate surface area is 548 Å². The van der Waals surface area contributed by atoms with Crippen LogP contribution in [0.1, 0.15) is 309 Å². The molecule has 0 spiro atoms. The number of likely N-dealkylation sites (N-methyl/N-ethyl adjacent to an activating group) is 1. The van der Waals surface area contributed by atoms with Crippen molar-refractivity contribution in [3.8, 4) is 0 Å². The number of rotatable bonds is 67. The van der Waals surface area contributed by atoms with E-state index in [0.717, 1.165) is 103 Å². The summed E-state index contributed by atoms with van der Waals surface area (Å²) in [5.74, 6) is -2.27. The molecule has 0 saturated heterocycles. The molecule has 0 saturated carbocycles.